The summed E-state index contributed by atoms with van der Waals surface area (Å²) in [5.74, 6) is -0.884. The zero-order valence-corrected chi connectivity index (χ0v) is 11.9. The van der Waals surface area contributed by atoms with E-state index in [1.807, 2.05) is 19.9 Å². The Kier molecular flexibility index (Phi) is 3.12. The lowest BCUT2D eigenvalue weighted by Gasteiger charge is -2.38. The Labute approximate surface area is 121 Å². The van der Waals surface area contributed by atoms with Gasteiger partial charge in [0.1, 0.15) is 0 Å². The summed E-state index contributed by atoms with van der Waals surface area (Å²) in [7, 11) is 0. The molecule has 21 heavy (non-hydrogen) atoms. The number of fused-ring (bicyclic) bond motifs is 1. The first-order valence-corrected chi connectivity index (χ1v) is 6.78. The van der Waals surface area contributed by atoms with E-state index >= 15 is 0 Å². The van der Waals surface area contributed by atoms with Crippen molar-refractivity contribution in [1.29, 1.82) is 0 Å². The maximum Gasteiger partial charge on any atom is 0.303 e. The summed E-state index contributed by atoms with van der Waals surface area (Å²) in [6.45, 7) is 4.69. The minimum Gasteiger partial charge on any atom is -0.481 e. The average Bonchev–Trinajstić information content (AvgIpc) is 2.74. The van der Waals surface area contributed by atoms with E-state index in [0.29, 0.717) is 24.3 Å². The summed E-state index contributed by atoms with van der Waals surface area (Å²) < 4.78 is 1.66. The number of carboxylic acid groups (broad SMARTS) is 1. The predicted octanol–water partition coefficient (Wildman–Crippen LogP) is 0.893. The molecule has 110 valence electrons. The molecule has 2 aromatic heterocycles. The molecule has 2 aromatic rings. The normalized spacial score (nSPS) is 15.2. The van der Waals surface area contributed by atoms with Gasteiger partial charge in [0, 0.05) is 31.3 Å². The van der Waals surface area contributed by atoms with Gasteiger partial charge in [0.05, 0.1) is 23.4 Å². The van der Waals surface area contributed by atoms with Crippen LogP contribution in [-0.2, 0) is 4.79 Å². The smallest absolute Gasteiger partial charge is 0.303 e. The summed E-state index contributed by atoms with van der Waals surface area (Å²) in [5.41, 5.74) is 2.83. The van der Waals surface area contributed by atoms with E-state index in [1.165, 1.54) is 0 Å². The minimum atomic E-state index is -0.821. The molecule has 0 radical (unpaired) electrons. The van der Waals surface area contributed by atoms with Crippen LogP contribution in [0.15, 0.2) is 12.3 Å². The van der Waals surface area contributed by atoms with Gasteiger partial charge in [0.25, 0.3) is 5.91 Å². The SMILES string of the molecule is Cc1cc2ncc(C(=O)N3CC(CC(=O)O)C3)c(C)n2n1. The zero-order chi connectivity index (χ0) is 15.1. The van der Waals surface area contributed by atoms with E-state index < -0.39 is 5.97 Å². The van der Waals surface area contributed by atoms with Crippen LogP contribution in [-0.4, -0.2) is 49.6 Å². The van der Waals surface area contributed by atoms with Crippen molar-refractivity contribution < 1.29 is 14.7 Å². The third-order valence-corrected chi connectivity index (χ3v) is 3.78. The second-order valence-electron chi connectivity index (χ2n) is 5.49. The van der Waals surface area contributed by atoms with Gasteiger partial charge in [-0.2, -0.15) is 5.10 Å². The lowest BCUT2D eigenvalue weighted by molar-refractivity contribution is -0.139. The van der Waals surface area contributed by atoms with E-state index in [4.69, 9.17) is 5.11 Å². The summed E-state index contributed by atoms with van der Waals surface area (Å²) >= 11 is 0. The minimum absolute atomic E-state index is 0.0513. The topological polar surface area (TPSA) is 87.8 Å². The number of likely N-dealkylation sites (tertiary alicyclic amines) is 1. The Hall–Kier alpha value is -2.44. The largest absolute Gasteiger partial charge is 0.481 e. The molecule has 1 aliphatic rings. The molecule has 0 spiro atoms. The van der Waals surface area contributed by atoms with Gasteiger partial charge in [-0.05, 0) is 13.8 Å². The van der Waals surface area contributed by atoms with Gasteiger partial charge in [-0.25, -0.2) is 9.50 Å². The Morgan fingerprint density at radius 1 is 1.38 bits per heavy atom. The van der Waals surface area contributed by atoms with Gasteiger partial charge in [-0.15, -0.1) is 0 Å². The van der Waals surface area contributed by atoms with Crippen molar-refractivity contribution in [2.75, 3.05) is 13.1 Å². The van der Waals surface area contributed by atoms with Crippen LogP contribution < -0.4 is 0 Å². The highest BCUT2D eigenvalue weighted by molar-refractivity contribution is 5.95. The molecule has 1 aliphatic heterocycles. The van der Waals surface area contributed by atoms with E-state index in [9.17, 15) is 9.59 Å². The van der Waals surface area contributed by atoms with Crippen LogP contribution in [0.1, 0.15) is 28.2 Å². The number of rotatable bonds is 3. The van der Waals surface area contributed by atoms with Crippen molar-refractivity contribution >= 4 is 17.5 Å². The molecule has 3 rings (SSSR count). The van der Waals surface area contributed by atoms with Gasteiger partial charge in [0.15, 0.2) is 5.65 Å². The molecule has 1 amide bonds. The van der Waals surface area contributed by atoms with Crippen molar-refractivity contribution in [3.63, 3.8) is 0 Å². The van der Waals surface area contributed by atoms with E-state index in [1.54, 1.807) is 15.6 Å². The number of carbonyl (C=O) groups is 2. The third-order valence-electron chi connectivity index (χ3n) is 3.78. The van der Waals surface area contributed by atoms with Gasteiger partial charge in [-0.3, -0.25) is 9.59 Å². The highest BCUT2D eigenvalue weighted by Crippen LogP contribution is 2.22. The summed E-state index contributed by atoms with van der Waals surface area (Å²) in [4.78, 5) is 29.0. The fraction of sp³-hybridized carbons (Fsp3) is 0.429. The lowest BCUT2D eigenvalue weighted by atomic mass is 9.95. The molecule has 0 aromatic carbocycles. The van der Waals surface area contributed by atoms with Gasteiger partial charge in [0.2, 0.25) is 0 Å². The second-order valence-corrected chi connectivity index (χ2v) is 5.49. The standard InChI is InChI=1S/C14H16N4O3/c1-8-3-12-15-5-11(9(2)18(12)16-8)14(21)17-6-10(7-17)4-13(19)20/h3,5,10H,4,6-7H2,1-2H3,(H,19,20). The molecule has 7 heteroatoms. The highest BCUT2D eigenvalue weighted by Gasteiger charge is 2.33. The maximum absolute atomic E-state index is 12.4. The molecule has 0 bridgehead atoms. The van der Waals surface area contributed by atoms with Crippen molar-refractivity contribution in [1.82, 2.24) is 19.5 Å². The molecule has 3 heterocycles. The van der Waals surface area contributed by atoms with Crippen molar-refractivity contribution in [3.05, 3.63) is 29.2 Å². The molecule has 1 saturated heterocycles. The third kappa shape index (κ3) is 2.35. The fourth-order valence-electron chi connectivity index (χ4n) is 2.65. The molecule has 1 fully saturated rings. The first kappa shape index (κ1) is 13.5. The first-order chi connectivity index (χ1) is 9.95. The number of carboxylic acids is 1. The summed E-state index contributed by atoms with van der Waals surface area (Å²) in [6, 6.07) is 1.85. The predicted molar refractivity (Wildman–Crippen MR) is 74.1 cm³/mol. The van der Waals surface area contributed by atoms with Crippen LogP contribution in [0, 0.1) is 19.8 Å². The number of amides is 1. The number of aromatic nitrogens is 3. The number of hydrogen-bond acceptors (Lipinski definition) is 4. The zero-order valence-electron chi connectivity index (χ0n) is 11.9. The fourth-order valence-corrected chi connectivity index (χ4v) is 2.65. The van der Waals surface area contributed by atoms with Gasteiger partial charge in [-0.1, -0.05) is 0 Å². The molecule has 0 aliphatic carbocycles. The van der Waals surface area contributed by atoms with Gasteiger partial charge < -0.3 is 10.0 Å². The Balaban J connectivity index is 1.80. The van der Waals surface area contributed by atoms with Crippen LogP contribution >= 0.6 is 0 Å². The molecule has 1 N–H and O–H groups in total. The average molecular weight is 288 g/mol. The summed E-state index contributed by atoms with van der Waals surface area (Å²) in [6.07, 6.45) is 1.68. The lowest BCUT2D eigenvalue weighted by Crippen LogP contribution is -2.50. The van der Waals surface area contributed by atoms with E-state index in [-0.39, 0.29) is 18.2 Å². The van der Waals surface area contributed by atoms with Crippen molar-refractivity contribution in [2.24, 2.45) is 5.92 Å². The Morgan fingerprint density at radius 3 is 2.76 bits per heavy atom. The molecule has 0 atom stereocenters. The Bertz CT molecular complexity index is 731. The Morgan fingerprint density at radius 2 is 2.10 bits per heavy atom. The van der Waals surface area contributed by atoms with Crippen LogP contribution in [0.25, 0.3) is 5.65 Å². The van der Waals surface area contributed by atoms with Crippen LogP contribution in [0.5, 0.6) is 0 Å². The number of carbonyl (C=O) groups excluding carboxylic acids is 1. The molecule has 7 nitrogen and oxygen atoms in total. The molecular weight excluding hydrogens is 272 g/mol. The van der Waals surface area contributed by atoms with E-state index in [0.717, 1.165) is 11.4 Å². The number of aryl methyl sites for hydroxylation is 2. The van der Waals surface area contributed by atoms with Crippen molar-refractivity contribution in [3.8, 4) is 0 Å². The number of nitrogens with zero attached hydrogens (tertiary/aromatic N) is 4. The van der Waals surface area contributed by atoms with Crippen LogP contribution in [0.3, 0.4) is 0 Å². The molecule has 0 saturated carbocycles. The van der Waals surface area contributed by atoms with Crippen molar-refractivity contribution in [2.45, 2.75) is 20.3 Å². The first-order valence-electron chi connectivity index (χ1n) is 6.78. The number of hydrogen-bond donors (Lipinski definition) is 1. The number of aliphatic carboxylic acids is 1. The second kappa shape index (κ2) is 4.83. The van der Waals surface area contributed by atoms with Crippen LogP contribution in [0.4, 0.5) is 0 Å². The quantitative estimate of drug-likeness (QED) is 0.906. The highest BCUT2D eigenvalue weighted by atomic mass is 16.4. The molecule has 0 unspecified atom stereocenters. The van der Waals surface area contributed by atoms with E-state index in [2.05, 4.69) is 10.1 Å². The molecular formula is C14H16N4O3. The monoisotopic (exact) mass is 288 g/mol. The maximum atomic E-state index is 12.4. The van der Waals surface area contributed by atoms with Gasteiger partial charge >= 0.3 is 5.97 Å². The summed E-state index contributed by atoms with van der Waals surface area (Å²) in [5, 5.41) is 13.0. The van der Waals surface area contributed by atoms with Crippen LogP contribution in [0.2, 0.25) is 0 Å².